The van der Waals surface area contributed by atoms with E-state index in [4.69, 9.17) is 0 Å². The summed E-state index contributed by atoms with van der Waals surface area (Å²) in [6.45, 7) is 10.4. The topological polar surface area (TPSA) is 62.5 Å². The Balaban J connectivity index is 3.00. The number of aromatic carboxylic acids is 1. The highest BCUT2D eigenvalue weighted by Gasteiger charge is 2.23. The van der Waals surface area contributed by atoms with Crippen LogP contribution in [0.1, 0.15) is 66.9 Å². The van der Waals surface area contributed by atoms with Gasteiger partial charge >= 0.3 is 5.97 Å². The summed E-state index contributed by atoms with van der Waals surface area (Å²) in [6, 6.07) is 3.78. The number of aliphatic hydroxyl groups is 1. The van der Waals surface area contributed by atoms with E-state index < -0.39 is 12.1 Å². The highest BCUT2D eigenvalue weighted by Crippen LogP contribution is 2.35. The van der Waals surface area contributed by atoms with Crippen LogP contribution in [0.5, 0.6) is 0 Å². The van der Waals surface area contributed by atoms with Crippen LogP contribution >= 0.6 is 0 Å². The molecule has 1 heterocycles. The van der Waals surface area contributed by atoms with E-state index in [0.29, 0.717) is 17.6 Å². The quantitative estimate of drug-likeness (QED) is 0.898. The molecule has 2 N–H and O–H groups in total. The number of hydrogen-bond acceptors (Lipinski definition) is 2. The molecule has 0 radical (unpaired) electrons. The maximum Gasteiger partial charge on any atom is 0.337 e. The number of fused-ring (bicyclic) bond motifs is 1. The molecule has 0 saturated heterocycles. The van der Waals surface area contributed by atoms with Gasteiger partial charge in [-0.3, -0.25) is 0 Å². The Morgan fingerprint density at radius 1 is 1.29 bits per heavy atom. The number of benzene rings is 1. The third-order valence-electron chi connectivity index (χ3n) is 4.12. The lowest BCUT2D eigenvalue weighted by molar-refractivity contribution is 0.0698. The fourth-order valence-corrected chi connectivity index (χ4v) is 3.08. The molecule has 114 valence electrons. The second-order valence-corrected chi connectivity index (χ2v) is 5.84. The van der Waals surface area contributed by atoms with Crippen molar-refractivity contribution in [1.82, 2.24) is 4.57 Å². The van der Waals surface area contributed by atoms with E-state index in [1.807, 2.05) is 38.3 Å². The van der Waals surface area contributed by atoms with E-state index in [1.54, 1.807) is 13.0 Å². The van der Waals surface area contributed by atoms with Gasteiger partial charge in [0.2, 0.25) is 0 Å². The minimum absolute atomic E-state index is 0.236. The Morgan fingerprint density at radius 3 is 2.33 bits per heavy atom. The van der Waals surface area contributed by atoms with Crippen LogP contribution in [0.3, 0.4) is 0 Å². The summed E-state index contributed by atoms with van der Waals surface area (Å²) in [5.74, 6) is -0.688. The van der Waals surface area contributed by atoms with Crippen molar-refractivity contribution in [2.24, 2.45) is 0 Å². The molecule has 0 fully saturated rings. The number of carboxylic acid groups (broad SMARTS) is 1. The smallest absolute Gasteiger partial charge is 0.337 e. The molecule has 2 aromatic rings. The maximum atomic E-state index is 11.7. The first kappa shape index (κ1) is 15.6. The summed E-state index contributed by atoms with van der Waals surface area (Å²) in [4.78, 5) is 11.7. The molecule has 0 bridgehead atoms. The molecule has 0 spiro atoms. The molecular weight excluding hydrogens is 266 g/mol. The summed E-state index contributed by atoms with van der Waals surface area (Å²) in [6.07, 6.45) is -0.621. The summed E-state index contributed by atoms with van der Waals surface area (Å²) in [7, 11) is 0. The van der Waals surface area contributed by atoms with Crippen LogP contribution in [0.15, 0.2) is 12.1 Å². The van der Waals surface area contributed by atoms with Crippen molar-refractivity contribution >= 4 is 16.9 Å². The number of carboxylic acids is 1. The van der Waals surface area contributed by atoms with Gasteiger partial charge in [-0.1, -0.05) is 13.8 Å². The molecule has 2 rings (SSSR count). The van der Waals surface area contributed by atoms with Crippen molar-refractivity contribution in [3.63, 3.8) is 0 Å². The van der Waals surface area contributed by atoms with Crippen molar-refractivity contribution in [2.45, 2.75) is 53.2 Å². The van der Waals surface area contributed by atoms with E-state index in [-0.39, 0.29) is 5.92 Å². The summed E-state index contributed by atoms with van der Waals surface area (Å²) in [5, 5.41) is 20.5. The van der Waals surface area contributed by atoms with Crippen molar-refractivity contribution in [3.05, 3.63) is 34.5 Å². The lowest BCUT2D eigenvalue weighted by Crippen LogP contribution is -2.05. The van der Waals surface area contributed by atoms with Crippen molar-refractivity contribution in [2.75, 3.05) is 0 Å². The van der Waals surface area contributed by atoms with E-state index in [0.717, 1.165) is 22.2 Å². The third-order valence-corrected chi connectivity index (χ3v) is 4.12. The van der Waals surface area contributed by atoms with Gasteiger partial charge in [0.05, 0.1) is 17.2 Å². The molecule has 4 heteroatoms. The van der Waals surface area contributed by atoms with Gasteiger partial charge in [0, 0.05) is 23.2 Å². The molecule has 0 aliphatic carbocycles. The zero-order valence-electron chi connectivity index (χ0n) is 13.3. The number of aliphatic hydroxyl groups excluding tert-OH is 1. The van der Waals surface area contributed by atoms with Crippen LogP contribution in [0, 0.1) is 6.92 Å². The molecule has 21 heavy (non-hydrogen) atoms. The van der Waals surface area contributed by atoms with E-state index in [9.17, 15) is 15.0 Å². The molecule has 1 atom stereocenters. The first-order valence-corrected chi connectivity index (χ1v) is 7.37. The maximum absolute atomic E-state index is 11.7. The molecule has 4 nitrogen and oxygen atoms in total. The first-order valence-electron chi connectivity index (χ1n) is 7.37. The Labute approximate surface area is 125 Å². The molecular formula is C17H23NO3. The first-order chi connectivity index (χ1) is 9.79. The number of hydrogen-bond donors (Lipinski definition) is 2. The number of aryl methyl sites for hydroxylation is 1. The van der Waals surface area contributed by atoms with Crippen LogP contribution in [0.2, 0.25) is 0 Å². The van der Waals surface area contributed by atoms with Crippen LogP contribution in [0.4, 0.5) is 0 Å². The highest BCUT2D eigenvalue weighted by molar-refractivity contribution is 6.04. The van der Waals surface area contributed by atoms with Gasteiger partial charge in [-0.2, -0.15) is 0 Å². The molecule has 0 aliphatic rings. The van der Waals surface area contributed by atoms with Gasteiger partial charge < -0.3 is 14.8 Å². The standard InChI is InChI=1S/C17H23NO3/c1-6-18-10(4)15(11(5)19)13-7-12(9(2)3)8-14(16(13)18)17(20)21/h7-9,11,19H,6H2,1-5H3,(H,20,21). The Morgan fingerprint density at radius 2 is 1.90 bits per heavy atom. The second kappa shape index (κ2) is 5.53. The van der Waals surface area contributed by atoms with Gasteiger partial charge in [0.15, 0.2) is 0 Å². The van der Waals surface area contributed by atoms with E-state index in [1.165, 1.54) is 0 Å². The Bertz CT molecular complexity index is 696. The Kier molecular flexibility index (Phi) is 4.10. The molecule has 0 amide bonds. The monoisotopic (exact) mass is 289 g/mol. The van der Waals surface area contributed by atoms with Crippen LogP contribution < -0.4 is 0 Å². The van der Waals surface area contributed by atoms with Crippen molar-refractivity contribution in [3.8, 4) is 0 Å². The predicted octanol–water partition coefficient (Wildman–Crippen LogP) is 3.84. The zero-order chi connectivity index (χ0) is 15.9. The molecule has 1 aromatic heterocycles. The van der Waals surface area contributed by atoms with Gasteiger partial charge in [-0.15, -0.1) is 0 Å². The molecule has 1 aromatic carbocycles. The van der Waals surface area contributed by atoms with E-state index in [2.05, 4.69) is 0 Å². The molecule has 1 unspecified atom stereocenters. The summed E-state index contributed by atoms with van der Waals surface area (Å²) >= 11 is 0. The third kappa shape index (κ3) is 2.44. The highest BCUT2D eigenvalue weighted by atomic mass is 16.4. The lowest BCUT2D eigenvalue weighted by atomic mass is 9.95. The van der Waals surface area contributed by atoms with Crippen LogP contribution in [-0.2, 0) is 6.54 Å². The van der Waals surface area contributed by atoms with Crippen LogP contribution in [0.25, 0.3) is 10.9 Å². The van der Waals surface area contributed by atoms with Crippen molar-refractivity contribution < 1.29 is 15.0 Å². The van der Waals surface area contributed by atoms with Gasteiger partial charge in [0.1, 0.15) is 0 Å². The minimum Gasteiger partial charge on any atom is -0.478 e. The summed E-state index contributed by atoms with van der Waals surface area (Å²) in [5.41, 5.74) is 3.77. The fraction of sp³-hybridized carbons (Fsp3) is 0.471. The number of carbonyl (C=O) groups is 1. The summed E-state index contributed by atoms with van der Waals surface area (Å²) < 4.78 is 1.98. The number of aromatic nitrogens is 1. The number of rotatable bonds is 4. The van der Waals surface area contributed by atoms with Gasteiger partial charge in [0.25, 0.3) is 0 Å². The Hall–Kier alpha value is -1.81. The van der Waals surface area contributed by atoms with Gasteiger partial charge in [-0.05, 0) is 44.4 Å². The average molecular weight is 289 g/mol. The fourth-order valence-electron chi connectivity index (χ4n) is 3.08. The largest absolute Gasteiger partial charge is 0.478 e. The predicted molar refractivity (Wildman–Crippen MR) is 84.0 cm³/mol. The van der Waals surface area contributed by atoms with Crippen molar-refractivity contribution in [1.29, 1.82) is 0 Å². The lowest BCUT2D eigenvalue weighted by Gasteiger charge is -2.11. The SMILES string of the molecule is CCn1c(C)c(C(C)O)c2cc(C(C)C)cc(C(=O)O)c21. The zero-order valence-corrected chi connectivity index (χ0v) is 13.3. The van der Waals surface area contributed by atoms with Crippen LogP contribution in [-0.4, -0.2) is 20.7 Å². The van der Waals surface area contributed by atoms with E-state index >= 15 is 0 Å². The second-order valence-electron chi connectivity index (χ2n) is 5.84. The molecule has 0 saturated carbocycles. The normalized spacial score (nSPS) is 13.1. The average Bonchev–Trinajstić information content (AvgIpc) is 2.68. The van der Waals surface area contributed by atoms with Gasteiger partial charge in [-0.25, -0.2) is 4.79 Å². The minimum atomic E-state index is -0.924. The molecule has 0 aliphatic heterocycles. The number of nitrogens with zero attached hydrogens (tertiary/aromatic N) is 1.